The molecule has 0 saturated heterocycles. The molecule has 0 N–H and O–H groups in total. The zero-order chi connectivity index (χ0) is 33.3. The minimum atomic E-state index is 0.646. The van der Waals surface area contributed by atoms with Crippen LogP contribution in [0.2, 0.25) is 0 Å². The summed E-state index contributed by atoms with van der Waals surface area (Å²) in [7, 11) is 0. The van der Waals surface area contributed by atoms with E-state index in [0.717, 1.165) is 49.8 Å². The number of hydrogen-bond donors (Lipinski definition) is 0. The van der Waals surface area contributed by atoms with E-state index < -0.39 is 0 Å². The second-order valence-corrected chi connectivity index (χ2v) is 12.4. The van der Waals surface area contributed by atoms with Crippen LogP contribution < -0.4 is 0 Å². The fourth-order valence-corrected chi connectivity index (χ4v) is 6.52. The maximum Gasteiger partial charge on any atom is 0.164 e. The number of nitrogens with zero attached hydrogens (tertiary/aromatic N) is 4. The summed E-state index contributed by atoms with van der Waals surface area (Å²) in [4.78, 5) is 19.3. The minimum Gasteiger partial charge on any atom is -0.256 e. The Morgan fingerprint density at radius 1 is 0.300 bits per heavy atom. The van der Waals surface area contributed by atoms with E-state index in [4.69, 9.17) is 15.0 Å². The molecule has 4 heteroatoms. The van der Waals surface area contributed by atoms with Crippen molar-refractivity contribution in [1.29, 1.82) is 0 Å². The van der Waals surface area contributed by atoms with Gasteiger partial charge in [-0.3, -0.25) is 4.98 Å². The number of fused-ring (bicyclic) bond motifs is 2. The van der Waals surface area contributed by atoms with Crippen molar-refractivity contribution in [3.8, 4) is 67.5 Å². The Hall–Kier alpha value is -6.78. The summed E-state index contributed by atoms with van der Waals surface area (Å²) in [5.74, 6) is 1.96. The van der Waals surface area contributed by atoms with Crippen LogP contribution in [-0.4, -0.2) is 19.9 Å². The molecule has 0 bridgehead atoms. The third kappa shape index (κ3) is 5.69. The van der Waals surface area contributed by atoms with Crippen molar-refractivity contribution < 1.29 is 0 Å². The summed E-state index contributed by atoms with van der Waals surface area (Å²) in [5.41, 5.74) is 10.8. The predicted octanol–water partition coefficient (Wildman–Crippen LogP) is 11.6. The number of para-hydroxylation sites is 1. The summed E-state index contributed by atoms with van der Waals surface area (Å²) >= 11 is 0. The van der Waals surface area contributed by atoms with E-state index >= 15 is 0 Å². The molecular formula is C46H30N4. The Balaban J connectivity index is 1.04. The molecule has 0 fully saturated rings. The molecule has 0 atom stereocenters. The second-order valence-electron chi connectivity index (χ2n) is 12.4. The lowest BCUT2D eigenvalue weighted by Crippen LogP contribution is -2.00. The molecular weight excluding hydrogens is 609 g/mol. The first-order valence-corrected chi connectivity index (χ1v) is 16.7. The summed E-state index contributed by atoms with van der Waals surface area (Å²) in [6.07, 6.45) is 1.96. The molecule has 9 aromatic rings. The van der Waals surface area contributed by atoms with Crippen molar-refractivity contribution in [3.63, 3.8) is 0 Å². The zero-order valence-corrected chi connectivity index (χ0v) is 27.1. The molecule has 0 aliphatic carbocycles. The van der Waals surface area contributed by atoms with Crippen LogP contribution in [0.15, 0.2) is 182 Å². The first-order valence-electron chi connectivity index (χ1n) is 16.7. The van der Waals surface area contributed by atoms with Gasteiger partial charge in [-0.15, -0.1) is 0 Å². The average molecular weight is 639 g/mol. The fraction of sp³-hybridized carbons (Fsp3) is 0. The highest BCUT2D eigenvalue weighted by molar-refractivity contribution is 5.99. The molecule has 7 aromatic carbocycles. The second kappa shape index (κ2) is 12.7. The SMILES string of the molecule is c1ccc(-c2nc(-c3ccccc3)nc(-c3ccc(-c4ccc5cccc(-c6ccc(-c7cnc8ccccc8c7)cc6)c5c4)cc3)n2)cc1. The number of pyridine rings is 1. The van der Waals surface area contributed by atoms with Gasteiger partial charge in [0, 0.05) is 33.8 Å². The van der Waals surface area contributed by atoms with Gasteiger partial charge in [0.2, 0.25) is 0 Å². The quantitative estimate of drug-likeness (QED) is 0.182. The van der Waals surface area contributed by atoms with E-state index in [0.29, 0.717) is 17.5 Å². The lowest BCUT2D eigenvalue weighted by atomic mass is 9.93. The van der Waals surface area contributed by atoms with Gasteiger partial charge in [0.15, 0.2) is 17.5 Å². The third-order valence-electron chi connectivity index (χ3n) is 9.18. The summed E-state index contributed by atoms with van der Waals surface area (Å²) in [6.45, 7) is 0. The molecule has 234 valence electrons. The van der Waals surface area contributed by atoms with E-state index in [1.165, 1.54) is 21.9 Å². The highest BCUT2D eigenvalue weighted by Crippen LogP contribution is 2.34. The Morgan fingerprint density at radius 3 is 1.46 bits per heavy atom. The topological polar surface area (TPSA) is 51.6 Å². The minimum absolute atomic E-state index is 0.646. The van der Waals surface area contributed by atoms with Gasteiger partial charge in [0.25, 0.3) is 0 Å². The molecule has 0 aliphatic rings. The van der Waals surface area contributed by atoms with E-state index in [1.807, 2.05) is 79.0 Å². The maximum absolute atomic E-state index is 4.90. The van der Waals surface area contributed by atoms with Crippen LogP contribution in [-0.2, 0) is 0 Å². The molecule has 0 amide bonds. The van der Waals surface area contributed by atoms with E-state index in [-0.39, 0.29) is 0 Å². The van der Waals surface area contributed by atoms with Gasteiger partial charge in [0.05, 0.1) is 5.52 Å². The van der Waals surface area contributed by atoms with Crippen molar-refractivity contribution in [3.05, 3.63) is 182 Å². The Labute approximate surface area is 290 Å². The lowest BCUT2D eigenvalue weighted by Gasteiger charge is -2.11. The van der Waals surface area contributed by atoms with Gasteiger partial charge in [-0.05, 0) is 56.8 Å². The number of hydrogen-bond acceptors (Lipinski definition) is 4. The van der Waals surface area contributed by atoms with Crippen LogP contribution in [0, 0.1) is 0 Å². The van der Waals surface area contributed by atoms with E-state index in [1.54, 1.807) is 0 Å². The monoisotopic (exact) mass is 638 g/mol. The first-order chi connectivity index (χ1) is 24.7. The Morgan fingerprint density at radius 2 is 0.800 bits per heavy atom. The van der Waals surface area contributed by atoms with Crippen LogP contribution in [0.4, 0.5) is 0 Å². The van der Waals surface area contributed by atoms with Crippen molar-refractivity contribution in [2.45, 2.75) is 0 Å². The third-order valence-corrected chi connectivity index (χ3v) is 9.18. The highest BCUT2D eigenvalue weighted by atomic mass is 15.0. The van der Waals surface area contributed by atoms with Crippen LogP contribution in [0.3, 0.4) is 0 Å². The van der Waals surface area contributed by atoms with Crippen LogP contribution in [0.1, 0.15) is 0 Å². The molecule has 0 radical (unpaired) electrons. The van der Waals surface area contributed by atoms with Crippen molar-refractivity contribution in [1.82, 2.24) is 19.9 Å². The van der Waals surface area contributed by atoms with Crippen molar-refractivity contribution >= 4 is 21.7 Å². The first kappa shape index (κ1) is 29.4. The van der Waals surface area contributed by atoms with Gasteiger partial charge < -0.3 is 0 Å². The molecule has 0 saturated carbocycles. The summed E-state index contributed by atoms with van der Waals surface area (Å²) in [6, 6.07) is 61.1. The largest absolute Gasteiger partial charge is 0.256 e. The zero-order valence-electron chi connectivity index (χ0n) is 27.1. The van der Waals surface area contributed by atoms with Gasteiger partial charge in [-0.25, -0.2) is 15.0 Å². The highest BCUT2D eigenvalue weighted by Gasteiger charge is 2.13. The molecule has 50 heavy (non-hydrogen) atoms. The molecule has 0 unspecified atom stereocenters. The smallest absolute Gasteiger partial charge is 0.164 e. The summed E-state index contributed by atoms with van der Waals surface area (Å²) in [5, 5.41) is 3.57. The Kier molecular flexibility index (Phi) is 7.45. The maximum atomic E-state index is 4.90. The van der Waals surface area contributed by atoms with Crippen LogP contribution in [0.5, 0.6) is 0 Å². The van der Waals surface area contributed by atoms with Crippen molar-refractivity contribution in [2.24, 2.45) is 0 Å². The van der Waals surface area contributed by atoms with Gasteiger partial charge >= 0.3 is 0 Å². The molecule has 2 aromatic heterocycles. The van der Waals surface area contributed by atoms with Crippen molar-refractivity contribution in [2.75, 3.05) is 0 Å². The standard InChI is InChI=1S/C46H30N4/c1-3-10-35(11-4-1)44-48-45(36-12-5-2-6-13-36)50-46(49-44)37-25-20-31(21-26-37)38-27-24-33-15-9-16-41(42(33)29-38)34-22-18-32(19-23-34)40-28-39-14-7-8-17-43(39)47-30-40/h1-30H. The van der Waals surface area contributed by atoms with E-state index in [9.17, 15) is 0 Å². The van der Waals surface area contributed by atoms with Crippen LogP contribution >= 0.6 is 0 Å². The molecule has 2 heterocycles. The fourth-order valence-electron chi connectivity index (χ4n) is 6.52. The molecule has 4 nitrogen and oxygen atoms in total. The van der Waals surface area contributed by atoms with Gasteiger partial charge in [-0.2, -0.15) is 0 Å². The van der Waals surface area contributed by atoms with Gasteiger partial charge in [0.1, 0.15) is 0 Å². The number of aromatic nitrogens is 4. The predicted molar refractivity (Wildman–Crippen MR) is 205 cm³/mol. The van der Waals surface area contributed by atoms with Crippen LogP contribution in [0.25, 0.3) is 89.2 Å². The normalized spacial score (nSPS) is 11.2. The number of rotatable bonds is 6. The molecule has 0 aliphatic heterocycles. The molecule has 9 rings (SSSR count). The van der Waals surface area contributed by atoms with E-state index in [2.05, 4.69) is 108 Å². The summed E-state index contributed by atoms with van der Waals surface area (Å²) < 4.78 is 0. The van der Waals surface area contributed by atoms with Gasteiger partial charge in [-0.1, -0.05) is 158 Å². The molecule has 0 spiro atoms. The Bertz CT molecular complexity index is 2560. The average Bonchev–Trinajstić information content (AvgIpc) is 3.21. The number of benzene rings is 7. The lowest BCUT2D eigenvalue weighted by molar-refractivity contribution is 1.07.